The van der Waals surface area contributed by atoms with Crippen molar-refractivity contribution in [1.29, 1.82) is 0 Å². The van der Waals surface area contributed by atoms with Crippen molar-refractivity contribution >= 4 is 41.3 Å². The van der Waals surface area contributed by atoms with Crippen molar-refractivity contribution in [2.45, 2.75) is 31.9 Å². The molecule has 5 nitrogen and oxygen atoms in total. The van der Waals surface area contributed by atoms with E-state index in [1.807, 2.05) is 0 Å². The van der Waals surface area contributed by atoms with Crippen molar-refractivity contribution in [2.24, 2.45) is 4.99 Å². The zero-order chi connectivity index (χ0) is 17.4. The van der Waals surface area contributed by atoms with E-state index in [0.717, 1.165) is 42.9 Å². The Hall–Kier alpha value is -0.620. The summed E-state index contributed by atoms with van der Waals surface area (Å²) in [7, 11) is 1.68. The number of nitrogens with one attached hydrogen (secondary N) is 2. The van der Waals surface area contributed by atoms with Crippen molar-refractivity contribution in [1.82, 2.24) is 20.5 Å². The van der Waals surface area contributed by atoms with Gasteiger partial charge in [0.2, 0.25) is 0 Å². The molecule has 1 aliphatic rings. The molecule has 10 heteroatoms. The third-order valence-electron chi connectivity index (χ3n) is 3.87. The van der Waals surface area contributed by atoms with Crippen LogP contribution in [0.25, 0.3) is 0 Å². The smallest absolute Gasteiger partial charge is 0.356 e. The van der Waals surface area contributed by atoms with E-state index in [0.29, 0.717) is 23.9 Å². The number of halogens is 4. The van der Waals surface area contributed by atoms with Gasteiger partial charge < -0.3 is 15.5 Å². The minimum atomic E-state index is -4.37. The second-order valence-corrected chi connectivity index (χ2v) is 6.64. The summed E-state index contributed by atoms with van der Waals surface area (Å²) in [4.78, 5) is 10.2. The number of guanidine groups is 1. The summed E-state index contributed by atoms with van der Waals surface area (Å²) in [6.45, 7) is 4.57. The monoisotopic (exact) mass is 491 g/mol. The Morgan fingerprint density at radius 1 is 1.24 bits per heavy atom. The predicted octanol–water partition coefficient (Wildman–Crippen LogP) is 2.97. The molecule has 1 aliphatic heterocycles. The average molecular weight is 491 g/mol. The number of aliphatic imine (C=N–C) groups is 1. The normalized spacial score (nSPS) is 16.4. The Labute approximate surface area is 167 Å². The number of hydrogen-bond acceptors (Lipinski definition) is 4. The molecule has 0 bridgehead atoms. The Kier molecular flexibility index (Phi) is 10.0. The topological polar surface area (TPSA) is 52.6 Å². The lowest BCUT2D eigenvalue weighted by Crippen LogP contribution is -2.43. The van der Waals surface area contributed by atoms with Gasteiger partial charge >= 0.3 is 6.18 Å². The predicted molar refractivity (Wildman–Crippen MR) is 106 cm³/mol. The standard InChI is InChI=1S/C15H24F3N5S.HI/c1-19-14(21-7-10-23-8-3-2-4-9-23)20-6-5-13-22-12(11-24-13)15(16,17)18;/h11H,2-10H2,1H3,(H2,19,20,21);1H. The molecule has 2 heterocycles. The van der Waals surface area contributed by atoms with Gasteiger partial charge in [-0.2, -0.15) is 13.2 Å². The number of rotatable bonds is 6. The van der Waals surface area contributed by atoms with Crippen LogP contribution in [0.1, 0.15) is 30.0 Å². The van der Waals surface area contributed by atoms with Gasteiger partial charge in [-0.15, -0.1) is 35.3 Å². The van der Waals surface area contributed by atoms with Crippen LogP contribution in [0.2, 0.25) is 0 Å². The Morgan fingerprint density at radius 2 is 1.92 bits per heavy atom. The van der Waals surface area contributed by atoms with E-state index in [1.165, 1.54) is 19.3 Å². The first-order valence-electron chi connectivity index (χ1n) is 8.17. The molecule has 0 unspecified atom stereocenters. The van der Waals surface area contributed by atoms with Crippen LogP contribution in [0.3, 0.4) is 0 Å². The largest absolute Gasteiger partial charge is 0.434 e. The number of aromatic nitrogens is 1. The zero-order valence-corrected chi connectivity index (χ0v) is 17.4. The van der Waals surface area contributed by atoms with E-state index in [-0.39, 0.29) is 24.0 Å². The molecule has 0 aromatic carbocycles. The minimum absolute atomic E-state index is 0. The van der Waals surface area contributed by atoms with Crippen LogP contribution in [0.5, 0.6) is 0 Å². The Morgan fingerprint density at radius 3 is 2.52 bits per heavy atom. The van der Waals surface area contributed by atoms with Crippen LogP contribution in [0.15, 0.2) is 10.4 Å². The highest BCUT2D eigenvalue weighted by Gasteiger charge is 2.33. The summed E-state index contributed by atoms with van der Waals surface area (Å²) in [5, 5.41) is 7.87. The first kappa shape index (κ1) is 22.4. The maximum Gasteiger partial charge on any atom is 0.434 e. The molecule has 2 rings (SSSR count). The van der Waals surface area contributed by atoms with Gasteiger partial charge in [-0.05, 0) is 25.9 Å². The maximum atomic E-state index is 12.5. The van der Waals surface area contributed by atoms with Gasteiger partial charge in [0.05, 0.1) is 5.01 Å². The quantitative estimate of drug-likeness (QED) is 0.365. The lowest BCUT2D eigenvalue weighted by Gasteiger charge is -2.26. The van der Waals surface area contributed by atoms with Crippen molar-refractivity contribution in [3.8, 4) is 0 Å². The molecule has 2 N–H and O–H groups in total. The van der Waals surface area contributed by atoms with Crippen molar-refractivity contribution in [3.63, 3.8) is 0 Å². The highest BCUT2D eigenvalue weighted by molar-refractivity contribution is 14.0. The summed E-state index contributed by atoms with van der Waals surface area (Å²) in [5.74, 6) is 0.666. The van der Waals surface area contributed by atoms with Crippen LogP contribution in [-0.4, -0.2) is 55.6 Å². The van der Waals surface area contributed by atoms with Gasteiger partial charge in [-0.1, -0.05) is 6.42 Å². The number of hydrogen-bond donors (Lipinski definition) is 2. The number of nitrogens with zero attached hydrogens (tertiary/aromatic N) is 3. The lowest BCUT2D eigenvalue weighted by molar-refractivity contribution is -0.140. The average Bonchev–Trinajstić information content (AvgIpc) is 3.03. The van der Waals surface area contributed by atoms with E-state index >= 15 is 0 Å². The summed E-state index contributed by atoms with van der Waals surface area (Å²) >= 11 is 1.03. The van der Waals surface area contributed by atoms with Crippen molar-refractivity contribution < 1.29 is 13.2 Å². The van der Waals surface area contributed by atoms with Crippen LogP contribution < -0.4 is 10.6 Å². The molecular formula is C15H25F3IN5S. The molecule has 1 saturated heterocycles. The molecule has 1 fully saturated rings. The Bertz CT molecular complexity index is 529. The summed E-state index contributed by atoms with van der Waals surface area (Å²) in [5.41, 5.74) is -0.813. The third-order valence-corrected chi connectivity index (χ3v) is 4.77. The van der Waals surface area contributed by atoms with Gasteiger partial charge in [-0.25, -0.2) is 4.98 Å². The molecule has 25 heavy (non-hydrogen) atoms. The van der Waals surface area contributed by atoms with E-state index in [2.05, 4.69) is 25.5 Å². The number of alkyl halides is 3. The molecular weight excluding hydrogens is 466 g/mol. The number of piperidine rings is 1. The molecule has 0 spiro atoms. The second-order valence-electron chi connectivity index (χ2n) is 5.70. The van der Waals surface area contributed by atoms with Crippen LogP contribution in [-0.2, 0) is 12.6 Å². The summed E-state index contributed by atoms with van der Waals surface area (Å²) < 4.78 is 37.5. The van der Waals surface area contributed by atoms with Crippen LogP contribution >= 0.6 is 35.3 Å². The SMILES string of the molecule is CN=C(NCCc1nc(C(F)(F)F)cs1)NCCN1CCCCC1.I. The van der Waals surface area contributed by atoms with Crippen molar-refractivity contribution in [2.75, 3.05) is 39.8 Å². The number of likely N-dealkylation sites (tertiary alicyclic amines) is 1. The van der Waals surface area contributed by atoms with Gasteiger partial charge in [0.1, 0.15) is 0 Å². The summed E-state index contributed by atoms with van der Waals surface area (Å²) in [6.07, 6.45) is -0.0802. The van der Waals surface area contributed by atoms with Crippen LogP contribution in [0.4, 0.5) is 13.2 Å². The number of thiazole rings is 1. The molecule has 1 aromatic heterocycles. The zero-order valence-electron chi connectivity index (χ0n) is 14.2. The summed E-state index contributed by atoms with van der Waals surface area (Å²) in [6, 6.07) is 0. The third kappa shape index (κ3) is 8.07. The fraction of sp³-hybridized carbons (Fsp3) is 0.733. The molecule has 0 aliphatic carbocycles. The molecule has 144 valence electrons. The van der Waals surface area contributed by atoms with E-state index in [1.54, 1.807) is 7.05 Å². The fourth-order valence-corrected chi connectivity index (χ4v) is 3.38. The maximum absolute atomic E-state index is 12.5. The molecule has 0 saturated carbocycles. The minimum Gasteiger partial charge on any atom is -0.356 e. The molecule has 1 aromatic rings. The molecule has 0 amide bonds. The van der Waals surface area contributed by atoms with E-state index in [4.69, 9.17) is 0 Å². The fourth-order valence-electron chi connectivity index (χ4n) is 2.58. The van der Waals surface area contributed by atoms with Gasteiger partial charge in [0.25, 0.3) is 0 Å². The first-order chi connectivity index (χ1) is 11.5. The van der Waals surface area contributed by atoms with Crippen LogP contribution in [0, 0.1) is 0 Å². The molecule has 0 radical (unpaired) electrons. The lowest BCUT2D eigenvalue weighted by atomic mass is 10.1. The first-order valence-corrected chi connectivity index (χ1v) is 9.05. The van der Waals surface area contributed by atoms with Gasteiger partial charge in [0.15, 0.2) is 11.7 Å². The second kappa shape index (κ2) is 11.2. The van der Waals surface area contributed by atoms with E-state index < -0.39 is 11.9 Å². The molecule has 0 atom stereocenters. The van der Waals surface area contributed by atoms with E-state index in [9.17, 15) is 13.2 Å². The Balaban J connectivity index is 0.00000312. The van der Waals surface area contributed by atoms with Crippen molar-refractivity contribution in [3.05, 3.63) is 16.1 Å². The van der Waals surface area contributed by atoms with Gasteiger partial charge in [0, 0.05) is 38.5 Å². The highest BCUT2D eigenvalue weighted by Crippen LogP contribution is 2.29. The van der Waals surface area contributed by atoms with Gasteiger partial charge in [-0.3, -0.25) is 4.99 Å². The highest BCUT2D eigenvalue weighted by atomic mass is 127.